The number of benzene rings is 1. The van der Waals surface area contributed by atoms with Gasteiger partial charge in [-0.05, 0) is 18.2 Å². The molecular formula is C16H17ClN4O3. The monoisotopic (exact) mass is 348 g/mol. The maximum absolute atomic E-state index is 12.7. The van der Waals surface area contributed by atoms with E-state index in [0.29, 0.717) is 37.2 Å². The number of rotatable bonds is 2. The minimum atomic E-state index is -0.309. The van der Waals surface area contributed by atoms with E-state index >= 15 is 0 Å². The summed E-state index contributed by atoms with van der Waals surface area (Å²) in [5.74, 6) is 0.206. The van der Waals surface area contributed by atoms with E-state index in [2.05, 4.69) is 15.3 Å². The summed E-state index contributed by atoms with van der Waals surface area (Å²) in [5, 5.41) is 3.54. The molecule has 0 saturated carbocycles. The van der Waals surface area contributed by atoms with E-state index in [0.717, 1.165) is 11.0 Å². The van der Waals surface area contributed by atoms with E-state index in [9.17, 15) is 9.59 Å². The van der Waals surface area contributed by atoms with Gasteiger partial charge in [-0.3, -0.25) is 9.59 Å². The number of carbonyl (C=O) groups excluding carboxylic acids is 2. The molecule has 24 heavy (non-hydrogen) atoms. The van der Waals surface area contributed by atoms with Gasteiger partial charge in [0.15, 0.2) is 0 Å². The molecule has 126 valence electrons. The summed E-state index contributed by atoms with van der Waals surface area (Å²) in [4.78, 5) is 34.0. The van der Waals surface area contributed by atoms with Crippen LogP contribution in [0.4, 0.5) is 0 Å². The number of fused-ring (bicyclic) bond motifs is 4. The van der Waals surface area contributed by atoms with Crippen LogP contribution < -0.4 is 5.32 Å². The maximum Gasteiger partial charge on any atom is 0.230 e. The van der Waals surface area contributed by atoms with Gasteiger partial charge in [0.05, 0.1) is 42.6 Å². The Balaban J connectivity index is 1.51. The van der Waals surface area contributed by atoms with Gasteiger partial charge >= 0.3 is 0 Å². The molecule has 8 heteroatoms. The van der Waals surface area contributed by atoms with Crippen molar-refractivity contribution in [3.8, 4) is 0 Å². The van der Waals surface area contributed by atoms with Crippen LogP contribution in [-0.2, 0) is 20.7 Å². The topological polar surface area (TPSA) is 87.3 Å². The largest absolute Gasteiger partial charge is 0.378 e. The van der Waals surface area contributed by atoms with Crippen molar-refractivity contribution < 1.29 is 14.3 Å². The first-order chi connectivity index (χ1) is 11.6. The van der Waals surface area contributed by atoms with Gasteiger partial charge < -0.3 is 19.9 Å². The lowest BCUT2D eigenvalue weighted by Crippen LogP contribution is -2.45. The number of amides is 2. The Hall–Kier alpha value is -2.12. The second-order valence-corrected chi connectivity index (χ2v) is 6.70. The number of carbonyl (C=O) groups is 2. The summed E-state index contributed by atoms with van der Waals surface area (Å²) in [6.07, 6.45) is 0.167. The summed E-state index contributed by atoms with van der Waals surface area (Å²) < 4.78 is 5.48. The number of ether oxygens (including phenoxy) is 1. The van der Waals surface area contributed by atoms with Crippen LogP contribution in [0.3, 0.4) is 0 Å². The molecule has 0 spiro atoms. The first-order valence-corrected chi connectivity index (χ1v) is 8.26. The van der Waals surface area contributed by atoms with Gasteiger partial charge in [-0.1, -0.05) is 11.6 Å². The summed E-state index contributed by atoms with van der Waals surface area (Å²) in [7, 11) is 0. The Morgan fingerprint density at radius 2 is 2.25 bits per heavy atom. The van der Waals surface area contributed by atoms with Crippen molar-refractivity contribution in [2.45, 2.75) is 12.5 Å². The average molecular weight is 349 g/mol. The summed E-state index contributed by atoms with van der Waals surface area (Å²) in [5.41, 5.74) is 1.59. The fourth-order valence-electron chi connectivity index (χ4n) is 3.21. The SMILES string of the molecule is O=C1N[C@@H]2COC[C@H]1CN(C(=O)Cc1nc3ccc(Cl)cc3[nH]1)C2. The van der Waals surface area contributed by atoms with Crippen molar-refractivity contribution in [3.63, 3.8) is 0 Å². The van der Waals surface area contributed by atoms with Crippen LogP contribution in [0.25, 0.3) is 11.0 Å². The van der Waals surface area contributed by atoms with Crippen LogP contribution in [-0.4, -0.2) is 59.0 Å². The van der Waals surface area contributed by atoms with Gasteiger partial charge in [-0.25, -0.2) is 4.98 Å². The minimum Gasteiger partial charge on any atom is -0.378 e. The quantitative estimate of drug-likeness (QED) is 0.837. The zero-order valence-electron chi connectivity index (χ0n) is 12.9. The Morgan fingerprint density at radius 3 is 3.12 bits per heavy atom. The maximum atomic E-state index is 12.7. The van der Waals surface area contributed by atoms with Crippen molar-refractivity contribution in [2.75, 3.05) is 26.3 Å². The molecule has 2 aromatic rings. The van der Waals surface area contributed by atoms with Crippen molar-refractivity contribution in [1.29, 1.82) is 0 Å². The minimum absolute atomic E-state index is 0.0359. The van der Waals surface area contributed by atoms with Gasteiger partial charge in [0, 0.05) is 18.1 Å². The Labute approximate surface area is 143 Å². The van der Waals surface area contributed by atoms with E-state index in [1.807, 2.05) is 6.07 Å². The molecule has 0 unspecified atom stereocenters. The molecule has 4 rings (SSSR count). The number of halogens is 1. The number of nitrogens with one attached hydrogen (secondary N) is 2. The van der Waals surface area contributed by atoms with Crippen LogP contribution in [0.1, 0.15) is 5.82 Å². The molecule has 0 aliphatic carbocycles. The Kier molecular flexibility index (Phi) is 3.90. The summed E-state index contributed by atoms with van der Waals surface area (Å²) in [6.45, 7) is 1.64. The molecular weight excluding hydrogens is 332 g/mol. The molecule has 2 amide bonds. The number of imidazole rings is 1. The van der Waals surface area contributed by atoms with Gasteiger partial charge in [0.25, 0.3) is 0 Å². The molecule has 3 heterocycles. The highest BCUT2D eigenvalue weighted by atomic mass is 35.5. The van der Waals surface area contributed by atoms with Crippen LogP contribution >= 0.6 is 11.6 Å². The lowest BCUT2D eigenvalue weighted by molar-refractivity contribution is -0.133. The molecule has 1 aromatic heterocycles. The highest BCUT2D eigenvalue weighted by Crippen LogP contribution is 2.19. The number of aromatic nitrogens is 2. The zero-order valence-corrected chi connectivity index (χ0v) is 13.7. The molecule has 2 aliphatic heterocycles. The van der Waals surface area contributed by atoms with E-state index < -0.39 is 0 Å². The third kappa shape index (κ3) is 2.97. The summed E-state index contributed by atoms with van der Waals surface area (Å²) in [6, 6.07) is 5.22. The van der Waals surface area contributed by atoms with E-state index in [4.69, 9.17) is 16.3 Å². The number of hydrogen-bond donors (Lipinski definition) is 2. The average Bonchev–Trinajstić information content (AvgIpc) is 2.72. The predicted molar refractivity (Wildman–Crippen MR) is 87.6 cm³/mol. The van der Waals surface area contributed by atoms with Gasteiger partial charge in [0.2, 0.25) is 11.8 Å². The first-order valence-electron chi connectivity index (χ1n) is 7.88. The molecule has 2 N–H and O–H groups in total. The van der Waals surface area contributed by atoms with E-state index in [-0.39, 0.29) is 30.2 Å². The van der Waals surface area contributed by atoms with Crippen LogP contribution in [0.5, 0.6) is 0 Å². The van der Waals surface area contributed by atoms with Crippen LogP contribution in [0.2, 0.25) is 5.02 Å². The Bertz CT molecular complexity index is 806. The number of H-pyrrole nitrogens is 1. The van der Waals surface area contributed by atoms with Crippen molar-refractivity contribution in [3.05, 3.63) is 29.0 Å². The molecule has 2 aliphatic rings. The highest BCUT2D eigenvalue weighted by molar-refractivity contribution is 6.31. The molecule has 1 aromatic carbocycles. The molecule has 2 fully saturated rings. The number of hydrogen-bond acceptors (Lipinski definition) is 4. The van der Waals surface area contributed by atoms with Gasteiger partial charge in [-0.15, -0.1) is 0 Å². The third-order valence-electron chi connectivity index (χ3n) is 4.40. The number of nitrogens with zero attached hydrogens (tertiary/aromatic N) is 2. The van der Waals surface area contributed by atoms with Crippen molar-refractivity contribution in [1.82, 2.24) is 20.2 Å². The lowest BCUT2D eigenvalue weighted by atomic mass is 10.1. The second-order valence-electron chi connectivity index (χ2n) is 6.26. The predicted octanol–water partition coefficient (Wildman–Crippen LogP) is 0.732. The molecule has 2 saturated heterocycles. The standard InChI is InChI=1S/C16H17ClN4O3/c17-10-1-2-12-13(3-10)20-14(19-12)4-15(22)21-5-9-7-24-8-11(6-21)18-16(9)23/h1-3,9,11H,4-8H2,(H,18,23)(H,19,20)/t9-,11+/m1/s1. The summed E-state index contributed by atoms with van der Waals surface area (Å²) >= 11 is 5.97. The van der Waals surface area contributed by atoms with Crippen molar-refractivity contribution >= 4 is 34.4 Å². The first kappa shape index (κ1) is 15.4. The van der Waals surface area contributed by atoms with E-state index in [1.54, 1.807) is 17.0 Å². The Morgan fingerprint density at radius 1 is 1.38 bits per heavy atom. The van der Waals surface area contributed by atoms with Crippen LogP contribution in [0.15, 0.2) is 18.2 Å². The second kappa shape index (κ2) is 6.07. The number of aromatic amines is 1. The van der Waals surface area contributed by atoms with E-state index in [1.165, 1.54) is 0 Å². The van der Waals surface area contributed by atoms with Crippen LogP contribution in [0, 0.1) is 5.92 Å². The van der Waals surface area contributed by atoms with Gasteiger partial charge in [-0.2, -0.15) is 0 Å². The van der Waals surface area contributed by atoms with Crippen molar-refractivity contribution in [2.24, 2.45) is 5.92 Å². The third-order valence-corrected chi connectivity index (χ3v) is 4.64. The molecule has 0 radical (unpaired) electrons. The molecule has 2 atom stereocenters. The lowest BCUT2D eigenvalue weighted by Gasteiger charge is -2.27. The molecule has 2 bridgehead atoms. The normalized spacial score (nSPS) is 23.9. The zero-order chi connectivity index (χ0) is 16.7. The highest BCUT2D eigenvalue weighted by Gasteiger charge is 2.35. The van der Waals surface area contributed by atoms with Gasteiger partial charge in [0.1, 0.15) is 5.82 Å². The smallest absolute Gasteiger partial charge is 0.230 e. The fourth-order valence-corrected chi connectivity index (χ4v) is 3.38. The fraction of sp³-hybridized carbons (Fsp3) is 0.438. The molecule has 7 nitrogen and oxygen atoms in total.